The first-order chi connectivity index (χ1) is 15.0. The molecule has 0 radical (unpaired) electrons. The maximum Gasteiger partial charge on any atom is 0.285 e. The number of halogens is 1. The highest BCUT2D eigenvalue weighted by molar-refractivity contribution is 14.1. The lowest BCUT2D eigenvalue weighted by molar-refractivity contribution is -0.578. The number of nitro groups is 1. The Morgan fingerprint density at radius 2 is 1.48 bits per heavy atom. The van der Waals surface area contributed by atoms with E-state index in [4.69, 9.17) is 0 Å². The number of anilines is 1. The van der Waals surface area contributed by atoms with Crippen LogP contribution in [0.5, 0.6) is 0 Å². The summed E-state index contributed by atoms with van der Waals surface area (Å²) in [4.78, 5) is 41.2. The summed E-state index contributed by atoms with van der Waals surface area (Å²) in [6, 6.07) is 21.5. The monoisotopic (exact) mass is 522 g/mol. The summed E-state index contributed by atoms with van der Waals surface area (Å²) in [7, 11) is 0. The van der Waals surface area contributed by atoms with Crippen molar-refractivity contribution >= 4 is 40.1 Å². The Hall–Kier alpha value is -3.07. The van der Waals surface area contributed by atoms with Crippen LogP contribution in [0.15, 0.2) is 72.8 Å². The Morgan fingerprint density at radius 3 is 2.06 bits per heavy atom. The van der Waals surface area contributed by atoms with Crippen molar-refractivity contribution in [3.63, 3.8) is 0 Å². The molecule has 3 aliphatic carbocycles. The Labute approximate surface area is 191 Å². The van der Waals surface area contributed by atoms with Crippen molar-refractivity contribution in [3.05, 3.63) is 109 Å². The van der Waals surface area contributed by atoms with E-state index in [0.29, 0.717) is 16.8 Å². The molecule has 3 aromatic rings. The van der Waals surface area contributed by atoms with Crippen LogP contribution in [0.2, 0.25) is 0 Å². The predicted molar refractivity (Wildman–Crippen MR) is 121 cm³/mol. The molecule has 0 aromatic heterocycles. The van der Waals surface area contributed by atoms with Gasteiger partial charge in [-0.1, -0.05) is 54.6 Å². The summed E-state index contributed by atoms with van der Waals surface area (Å²) in [5, 5.41) is 12.9. The van der Waals surface area contributed by atoms with Crippen LogP contribution in [0.3, 0.4) is 0 Å². The first kappa shape index (κ1) is 18.7. The van der Waals surface area contributed by atoms with Crippen molar-refractivity contribution < 1.29 is 14.5 Å². The number of hydrogen-bond donors (Lipinski definition) is 0. The Morgan fingerprint density at radius 1 is 0.871 bits per heavy atom. The predicted octanol–water partition coefficient (Wildman–Crippen LogP) is 4.08. The fourth-order valence-electron chi connectivity index (χ4n) is 5.91. The molecule has 3 aromatic carbocycles. The molecule has 1 fully saturated rings. The molecule has 2 amide bonds. The van der Waals surface area contributed by atoms with Gasteiger partial charge in [0.05, 0.1) is 11.6 Å². The van der Waals surface area contributed by atoms with E-state index in [2.05, 4.69) is 22.6 Å². The normalized spacial score (nSPS) is 27.6. The van der Waals surface area contributed by atoms with Gasteiger partial charge >= 0.3 is 0 Å². The topological polar surface area (TPSA) is 80.5 Å². The van der Waals surface area contributed by atoms with Crippen LogP contribution < -0.4 is 4.90 Å². The molecule has 0 unspecified atom stereocenters. The van der Waals surface area contributed by atoms with E-state index < -0.39 is 23.3 Å². The van der Waals surface area contributed by atoms with Gasteiger partial charge in [-0.25, -0.2) is 4.90 Å². The van der Waals surface area contributed by atoms with Gasteiger partial charge in [0, 0.05) is 25.5 Å². The van der Waals surface area contributed by atoms with Gasteiger partial charge in [0.15, 0.2) is 0 Å². The van der Waals surface area contributed by atoms with Crippen LogP contribution in [0, 0.1) is 25.5 Å². The van der Waals surface area contributed by atoms with Gasteiger partial charge < -0.3 is 0 Å². The minimum Gasteiger partial charge on any atom is -0.274 e. The van der Waals surface area contributed by atoms with Crippen molar-refractivity contribution in [2.24, 2.45) is 11.8 Å². The van der Waals surface area contributed by atoms with E-state index in [1.54, 1.807) is 42.5 Å². The lowest BCUT2D eigenvalue weighted by atomic mass is 9.51. The van der Waals surface area contributed by atoms with Crippen LogP contribution in [0.25, 0.3) is 0 Å². The van der Waals surface area contributed by atoms with Gasteiger partial charge in [0.1, 0.15) is 5.92 Å². The molecule has 7 rings (SSSR count). The van der Waals surface area contributed by atoms with Crippen LogP contribution in [0.4, 0.5) is 5.69 Å². The standard InChI is InChI=1S/C24H15IN2O4/c25-13-6-5-7-14(12-13)26-22(28)20-19-15-8-1-3-10-17(15)24(27(30)31,21(20)23(26)29)18-11-4-2-9-16(18)19/h1-12,19-21H/t19?,20-,21-,24?/m0/s1. The van der Waals surface area contributed by atoms with E-state index in [1.165, 1.54) is 4.90 Å². The molecule has 4 aliphatic rings. The first-order valence-electron chi connectivity index (χ1n) is 9.94. The minimum atomic E-state index is -1.78. The average molecular weight is 522 g/mol. The first-order valence-corrected chi connectivity index (χ1v) is 11.0. The molecule has 31 heavy (non-hydrogen) atoms. The lowest BCUT2D eigenvalue weighted by Gasteiger charge is -2.48. The largest absolute Gasteiger partial charge is 0.285 e. The number of nitrogens with zero attached hydrogens (tertiary/aromatic N) is 2. The molecule has 1 aliphatic heterocycles. The second-order valence-corrected chi connectivity index (χ2v) is 9.42. The van der Waals surface area contributed by atoms with Crippen molar-refractivity contribution in [2.45, 2.75) is 11.5 Å². The molecule has 152 valence electrons. The molecule has 2 bridgehead atoms. The van der Waals surface area contributed by atoms with Crippen molar-refractivity contribution in [1.29, 1.82) is 0 Å². The highest BCUT2D eigenvalue weighted by Crippen LogP contribution is 2.64. The quantitative estimate of drug-likeness (QED) is 0.220. The Bertz CT molecular complexity index is 1270. The molecule has 7 heteroatoms. The van der Waals surface area contributed by atoms with Crippen molar-refractivity contribution in [2.75, 3.05) is 4.90 Å². The molecule has 2 atom stereocenters. The molecule has 1 saturated heterocycles. The van der Waals surface area contributed by atoms with Gasteiger partial charge in [-0.3, -0.25) is 19.7 Å². The van der Waals surface area contributed by atoms with Gasteiger partial charge in [-0.2, -0.15) is 0 Å². The molecule has 0 saturated carbocycles. The molecular formula is C24H15IN2O4. The van der Waals surface area contributed by atoms with Gasteiger partial charge in [-0.15, -0.1) is 0 Å². The molecular weight excluding hydrogens is 507 g/mol. The highest BCUT2D eigenvalue weighted by atomic mass is 127. The molecule has 0 N–H and O–H groups in total. The number of benzene rings is 3. The van der Waals surface area contributed by atoms with Crippen LogP contribution in [-0.4, -0.2) is 16.7 Å². The zero-order valence-corrected chi connectivity index (χ0v) is 18.2. The summed E-state index contributed by atoms with van der Waals surface area (Å²) >= 11 is 2.12. The highest BCUT2D eigenvalue weighted by Gasteiger charge is 2.74. The smallest absolute Gasteiger partial charge is 0.274 e. The van der Waals surface area contributed by atoms with E-state index in [1.807, 2.05) is 30.3 Å². The maximum absolute atomic E-state index is 13.8. The SMILES string of the molecule is O=C1[C@@H]2[C@@H](C(=O)N1c1cccc(I)c1)C1c3ccccc3C2([N+](=O)[O-])c2ccccc21. The average Bonchev–Trinajstić information content (AvgIpc) is 3.04. The van der Waals surface area contributed by atoms with Gasteiger partial charge in [0.2, 0.25) is 11.8 Å². The third-order valence-corrected chi connectivity index (χ3v) is 7.60. The second kappa shape index (κ2) is 6.23. The second-order valence-electron chi connectivity index (χ2n) is 8.17. The summed E-state index contributed by atoms with van der Waals surface area (Å²) in [6.07, 6.45) is 0. The third-order valence-electron chi connectivity index (χ3n) is 6.93. The number of hydrogen-bond acceptors (Lipinski definition) is 4. The third kappa shape index (κ3) is 2.12. The van der Waals surface area contributed by atoms with Crippen molar-refractivity contribution in [1.82, 2.24) is 0 Å². The molecule has 0 spiro atoms. The number of carbonyl (C=O) groups is 2. The van der Waals surface area contributed by atoms with Gasteiger partial charge in [-0.05, 0) is 51.9 Å². The lowest BCUT2D eigenvalue weighted by Crippen LogP contribution is -2.57. The molecule has 6 nitrogen and oxygen atoms in total. The maximum atomic E-state index is 13.8. The van der Waals surface area contributed by atoms with E-state index in [9.17, 15) is 19.7 Å². The summed E-state index contributed by atoms with van der Waals surface area (Å²) in [5.74, 6) is -3.13. The Kier molecular flexibility index (Phi) is 3.75. The van der Waals surface area contributed by atoms with E-state index in [0.717, 1.165) is 14.7 Å². The summed E-state index contributed by atoms with van der Waals surface area (Å²) in [6.45, 7) is 0. The number of imide groups is 1. The zero-order chi connectivity index (χ0) is 21.5. The molecule has 1 heterocycles. The summed E-state index contributed by atoms with van der Waals surface area (Å²) < 4.78 is 0.879. The summed E-state index contributed by atoms with van der Waals surface area (Å²) in [5.41, 5.74) is 1.26. The number of carbonyl (C=O) groups excluding carboxylic acids is 2. The van der Waals surface area contributed by atoms with Crippen molar-refractivity contribution in [3.8, 4) is 0 Å². The zero-order valence-electron chi connectivity index (χ0n) is 16.1. The van der Waals surface area contributed by atoms with E-state index in [-0.39, 0.29) is 16.7 Å². The van der Waals surface area contributed by atoms with Crippen LogP contribution >= 0.6 is 22.6 Å². The van der Waals surface area contributed by atoms with E-state index >= 15 is 0 Å². The minimum absolute atomic E-state index is 0.346. The number of rotatable bonds is 2. The van der Waals surface area contributed by atoms with Gasteiger partial charge in [0.25, 0.3) is 5.54 Å². The van der Waals surface area contributed by atoms with Crippen LogP contribution in [0.1, 0.15) is 28.2 Å². The number of amides is 2. The fourth-order valence-corrected chi connectivity index (χ4v) is 6.44. The fraction of sp³-hybridized carbons (Fsp3) is 0.167. The Balaban J connectivity index is 1.68. The van der Waals surface area contributed by atoms with Crippen LogP contribution in [-0.2, 0) is 15.1 Å².